The van der Waals surface area contributed by atoms with Crippen molar-refractivity contribution in [2.45, 2.75) is 17.8 Å². The predicted molar refractivity (Wildman–Crippen MR) is 97.4 cm³/mol. The summed E-state index contributed by atoms with van der Waals surface area (Å²) < 4.78 is 4.90. The van der Waals surface area contributed by atoms with E-state index in [0.717, 1.165) is 15.6 Å². The molecule has 6 nitrogen and oxygen atoms in total. The zero-order valence-corrected chi connectivity index (χ0v) is 15.2. The number of hydrogen-bond acceptors (Lipinski definition) is 9. The van der Waals surface area contributed by atoms with Gasteiger partial charge in [0, 0.05) is 17.3 Å². The molecule has 0 saturated heterocycles. The van der Waals surface area contributed by atoms with Gasteiger partial charge in [-0.15, -0.1) is 22.7 Å². The molecule has 0 bridgehead atoms. The third-order valence-electron chi connectivity index (χ3n) is 2.92. The summed E-state index contributed by atoms with van der Waals surface area (Å²) >= 11 is 4.71. The molecule has 0 spiro atoms. The number of carbonyl (C=O) groups excluding carboxylic acids is 1. The maximum Gasteiger partial charge on any atom is 0.343 e. The fraction of sp³-hybridized carbons (Fsp3) is 0.200. The summed E-state index contributed by atoms with van der Waals surface area (Å²) in [5.41, 5.74) is 6.97. The van der Waals surface area contributed by atoms with Gasteiger partial charge in [0.1, 0.15) is 16.4 Å². The Morgan fingerprint density at radius 3 is 2.96 bits per heavy atom. The maximum atomic E-state index is 11.7. The van der Waals surface area contributed by atoms with E-state index < -0.39 is 5.97 Å². The minimum atomic E-state index is -0.508. The molecule has 124 valence electrons. The topological polar surface area (TPSA) is 91.0 Å². The number of hydrogen-bond donors (Lipinski definition) is 1. The van der Waals surface area contributed by atoms with E-state index in [0.29, 0.717) is 10.9 Å². The van der Waals surface area contributed by atoms with Crippen molar-refractivity contribution in [3.8, 4) is 9.88 Å². The average molecular weight is 379 g/mol. The largest absolute Gasteiger partial charge is 0.462 e. The van der Waals surface area contributed by atoms with Crippen LogP contribution in [-0.4, -0.2) is 27.5 Å². The average Bonchev–Trinajstić information content (AvgIpc) is 3.24. The van der Waals surface area contributed by atoms with E-state index in [-0.39, 0.29) is 18.0 Å². The Labute approximate surface area is 151 Å². The molecule has 9 heteroatoms. The lowest BCUT2D eigenvalue weighted by molar-refractivity contribution is 0.0526. The van der Waals surface area contributed by atoms with E-state index in [9.17, 15) is 4.79 Å². The monoisotopic (exact) mass is 378 g/mol. The van der Waals surface area contributed by atoms with Gasteiger partial charge in [-0.2, -0.15) is 0 Å². The van der Waals surface area contributed by atoms with Gasteiger partial charge < -0.3 is 10.5 Å². The smallest absolute Gasteiger partial charge is 0.343 e. The highest BCUT2D eigenvalue weighted by Crippen LogP contribution is 2.30. The lowest BCUT2D eigenvalue weighted by atomic mass is 10.3. The number of thiophene rings is 1. The van der Waals surface area contributed by atoms with Crippen molar-refractivity contribution in [2.24, 2.45) is 0 Å². The number of rotatable bonds is 6. The van der Waals surface area contributed by atoms with Gasteiger partial charge in [-0.25, -0.2) is 19.7 Å². The molecule has 0 fully saturated rings. The number of nitrogens with two attached hydrogens (primary N) is 1. The normalized spacial score (nSPS) is 10.7. The molecule has 24 heavy (non-hydrogen) atoms. The molecule has 0 saturated carbocycles. The predicted octanol–water partition coefficient (Wildman–Crippen LogP) is 3.71. The summed E-state index contributed by atoms with van der Waals surface area (Å²) in [6, 6.07) is 4.07. The Balaban J connectivity index is 1.65. The summed E-state index contributed by atoms with van der Waals surface area (Å²) in [5.74, 6) is 0.259. The van der Waals surface area contributed by atoms with Crippen molar-refractivity contribution in [3.63, 3.8) is 0 Å². The van der Waals surface area contributed by atoms with Crippen molar-refractivity contribution in [1.82, 2.24) is 15.0 Å². The molecule has 0 aliphatic rings. The van der Waals surface area contributed by atoms with E-state index in [1.807, 2.05) is 16.8 Å². The van der Waals surface area contributed by atoms with Crippen LogP contribution >= 0.6 is 34.4 Å². The van der Waals surface area contributed by atoms with Gasteiger partial charge in [-0.1, -0.05) is 17.8 Å². The zero-order valence-electron chi connectivity index (χ0n) is 12.8. The number of aromatic nitrogens is 3. The second-order valence-electron chi connectivity index (χ2n) is 4.58. The minimum absolute atomic E-state index is 0.128. The van der Waals surface area contributed by atoms with Crippen molar-refractivity contribution in [3.05, 3.63) is 40.3 Å². The Morgan fingerprint density at radius 2 is 2.25 bits per heavy atom. The third-order valence-corrected chi connectivity index (χ3v) is 5.75. The summed E-state index contributed by atoms with van der Waals surface area (Å²) in [6.45, 7) is 2.02. The number of carbonyl (C=O) groups is 1. The number of ether oxygens (including phenoxy) is 1. The summed E-state index contributed by atoms with van der Waals surface area (Å²) in [6.07, 6.45) is 1.40. The highest BCUT2D eigenvalue weighted by molar-refractivity contribution is 7.98. The number of thiazole rings is 1. The zero-order chi connectivity index (χ0) is 16.9. The number of nitrogens with zero attached hydrogens (tertiary/aromatic N) is 3. The minimum Gasteiger partial charge on any atom is -0.462 e. The molecule has 3 aromatic rings. The molecule has 3 aromatic heterocycles. The maximum absolute atomic E-state index is 11.7. The van der Waals surface area contributed by atoms with Crippen molar-refractivity contribution < 1.29 is 9.53 Å². The molecule has 3 rings (SSSR count). The van der Waals surface area contributed by atoms with Crippen LogP contribution in [0, 0.1) is 0 Å². The standard InChI is InChI=1S/C15H14N4O2S3/c1-2-21-14(20)10-6-17-15(19-12(10)16)24-8-9-7-23-13(18-9)11-4-3-5-22-11/h3-7H,2,8H2,1H3,(H2,16,17,19). The fourth-order valence-corrected chi connectivity index (χ4v) is 4.29. The second-order valence-corrected chi connectivity index (χ2v) is 7.33. The third kappa shape index (κ3) is 3.92. The Morgan fingerprint density at radius 1 is 1.38 bits per heavy atom. The second kappa shape index (κ2) is 7.73. The molecule has 3 heterocycles. The van der Waals surface area contributed by atoms with Crippen molar-refractivity contribution in [1.29, 1.82) is 0 Å². The van der Waals surface area contributed by atoms with Crippen LogP contribution in [0.5, 0.6) is 0 Å². The first-order valence-corrected chi connectivity index (χ1v) is 9.82. The Kier molecular flexibility index (Phi) is 5.44. The molecule has 0 aliphatic heterocycles. The number of nitrogen functional groups attached to an aromatic ring is 1. The van der Waals surface area contributed by atoms with Gasteiger partial charge in [0.2, 0.25) is 0 Å². The highest BCUT2D eigenvalue weighted by atomic mass is 32.2. The summed E-state index contributed by atoms with van der Waals surface area (Å²) in [5, 5.41) is 5.58. The summed E-state index contributed by atoms with van der Waals surface area (Å²) in [7, 11) is 0. The molecular weight excluding hydrogens is 364 g/mol. The van der Waals surface area contributed by atoms with Gasteiger partial charge in [0.15, 0.2) is 5.16 Å². The molecule has 0 atom stereocenters. The number of thioether (sulfide) groups is 1. The summed E-state index contributed by atoms with van der Waals surface area (Å²) in [4.78, 5) is 25.8. The highest BCUT2D eigenvalue weighted by Gasteiger charge is 2.14. The quantitative estimate of drug-likeness (QED) is 0.397. The Hall–Kier alpha value is -1.97. The van der Waals surface area contributed by atoms with Gasteiger partial charge in [-0.05, 0) is 18.4 Å². The van der Waals surface area contributed by atoms with Crippen LogP contribution in [0.25, 0.3) is 9.88 Å². The van der Waals surface area contributed by atoms with Crippen LogP contribution in [0.3, 0.4) is 0 Å². The van der Waals surface area contributed by atoms with Crippen LogP contribution in [0.15, 0.2) is 34.2 Å². The van der Waals surface area contributed by atoms with E-state index in [1.54, 1.807) is 29.6 Å². The van der Waals surface area contributed by atoms with E-state index in [4.69, 9.17) is 10.5 Å². The number of esters is 1. The molecule has 0 radical (unpaired) electrons. The van der Waals surface area contributed by atoms with E-state index >= 15 is 0 Å². The molecule has 0 aromatic carbocycles. The fourth-order valence-electron chi connectivity index (χ4n) is 1.84. The van der Waals surface area contributed by atoms with Crippen molar-refractivity contribution in [2.75, 3.05) is 12.3 Å². The SMILES string of the molecule is CCOC(=O)c1cnc(SCc2csc(-c3cccs3)n2)nc1N. The number of anilines is 1. The van der Waals surface area contributed by atoms with Crippen LogP contribution in [-0.2, 0) is 10.5 Å². The lowest BCUT2D eigenvalue weighted by Gasteiger charge is -2.05. The molecule has 0 unspecified atom stereocenters. The van der Waals surface area contributed by atoms with Gasteiger partial charge >= 0.3 is 5.97 Å². The first-order valence-electron chi connectivity index (χ1n) is 7.08. The molecule has 2 N–H and O–H groups in total. The first kappa shape index (κ1) is 16.9. The van der Waals surface area contributed by atoms with E-state index in [1.165, 1.54) is 18.0 Å². The van der Waals surface area contributed by atoms with Crippen LogP contribution < -0.4 is 5.73 Å². The van der Waals surface area contributed by atoms with Gasteiger partial charge in [-0.3, -0.25) is 0 Å². The van der Waals surface area contributed by atoms with Gasteiger partial charge in [0.25, 0.3) is 0 Å². The Bertz CT molecular complexity index is 833. The lowest BCUT2D eigenvalue weighted by Crippen LogP contribution is -2.10. The van der Waals surface area contributed by atoms with Crippen LogP contribution in [0.4, 0.5) is 5.82 Å². The molecular formula is C15H14N4O2S3. The van der Waals surface area contributed by atoms with Crippen LogP contribution in [0.2, 0.25) is 0 Å². The molecule has 0 aliphatic carbocycles. The molecule has 0 amide bonds. The van der Waals surface area contributed by atoms with Gasteiger partial charge in [0.05, 0.1) is 17.2 Å². The first-order chi connectivity index (χ1) is 11.7. The van der Waals surface area contributed by atoms with Crippen molar-refractivity contribution >= 4 is 46.2 Å². The van der Waals surface area contributed by atoms with Crippen LogP contribution in [0.1, 0.15) is 23.0 Å². The van der Waals surface area contributed by atoms with E-state index in [2.05, 4.69) is 21.0 Å².